The van der Waals surface area contributed by atoms with Gasteiger partial charge in [-0.3, -0.25) is 9.59 Å². The Balaban J connectivity index is 1.71. The molecule has 1 aliphatic heterocycles. The number of esters is 2. The molecule has 0 spiro atoms. The molecular weight excluding hydrogens is 404 g/mol. The van der Waals surface area contributed by atoms with E-state index < -0.39 is 0 Å². The lowest BCUT2D eigenvalue weighted by Crippen LogP contribution is -2.08. The number of allylic oxidation sites excluding steroid dienone is 2. The molecule has 0 aromatic carbocycles. The molecule has 1 aromatic heterocycles. The predicted molar refractivity (Wildman–Crippen MR) is 119 cm³/mol. The molecule has 2 heterocycles. The summed E-state index contributed by atoms with van der Waals surface area (Å²) in [5.74, 6) is 6.61. The van der Waals surface area contributed by atoms with Crippen LogP contribution in [0.25, 0.3) is 0 Å². The first-order chi connectivity index (χ1) is 13.8. The van der Waals surface area contributed by atoms with Crippen molar-refractivity contribution in [1.82, 2.24) is 0 Å². The topological polar surface area (TPSA) is 52.6 Å². The Morgan fingerprint density at radius 3 is 2.48 bits per heavy atom. The van der Waals surface area contributed by atoms with Gasteiger partial charge < -0.3 is 9.47 Å². The summed E-state index contributed by atoms with van der Waals surface area (Å²) in [6.07, 6.45) is 4.58. The quantitative estimate of drug-likeness (QED) is 0.276. The summed E-state index contributed by atoms with van der Waals surface area (Å²) in [7, 11) is 0. The van der Waals surface area contributed by atoms with Crippen LogP contribution in [-0.4, -0.2) is 18.5 Å². The Hall–Kier alpha value is -1.71. The maximum Gasteiger partial charge on any atom is 0.306 e. The zero-order valence-electron chi connectivity index (χ0n) is 17.7. The minimum atomic E-state index is -0.153. The van der Waals surface area contributed by atoms with Gasteiger partial charge in [-0.1, -0.05) is 45.6 Å². The molecule has 1 aromatic rings. The first-order valence-electron chi connectivity index (χ1n) is 10.1. The summed E-state index contributed by atoms with van der Waals surface area (Å²) in [4.78, 5) is 26.6. The SMILES string of the molecule is CC(C)CC(=O)OCCC#CC1=CCC(c2ccc(COC(=O)CC(C)C)s2)S1. The summed E-state index contributed by atoms with van der Waals surface area (Å²) < 4.78 is 10.5. The van der Waals surface area contributed by atoms with Crippen molar-refractivity contribution >= 4 is 35.0 Å². The number of rotatable bonds is 9. The van der Waals surface area contributed by atoms with Gasteiger partial charge in [0.25, 0.3) is 0 Å². The second kappa shape index (κ2) is 12.1. The van der Waals surface area contributed by atoms with Crippen molar-refractivity contribution in [2.75, 3.05) is 6.61 Å². The minimum Gasteiger partial charge on any atom is -0.465 e. The lowest BCUT2D eigenvalue weighted by atomic mass is 10.1. The number of carbonyl (C=O) groups excluding carboxylic acids is 2. The zero-order valence-corrected chi connectivity index (χ0v) is 19.3. The van der Waals surface area contributed by atoms with Crippen LogP contribution in [0.3, 0.4) is 0 Å². The Morgan fingerprint density at radius 1 is 1.10 bits per heavy atom. The molecule has 0 radical (unpaired) electrons. The molecule has 0 saturated carbocycles. The standard InChI is InChI=1S/C23H30O4S2/c1-16(2)13-22(24)26-12-6-5-7-18-8-10-20(28-18)21-11-9-19(29-21)15-27-23(25)14-17(3)4/h8-9,11,16-17,20H,6,10,12-15H2,1-4H3. The molecule has 4 nitrogen and oxygen atoms in total. The van der Waals surface area contributed by atoms with Gasteiger partial charge in [-0.2, -0.15) is 0 Å². The van der Waals surface area contributed by atoms with Crippen LogP contribution in [0, 0.1) is 23.7 Å². The molecule has 1 unspecified atom stereocenters. The molecule has 1 aliphatic rings. The number of hydrogen-bond donors (Lipinski definition) is 0. The first kappa shape index (κ1) is 23.6. The third kappa shape index (κ3) is 9.10. The molecule has 0 amide bonds. The molecule has 1 atom stereocenters. The van der Waals surface area contributed by atoms with Crippen LogP contribution >= 0.6 is 23.1 Å². The lowest BCUT2D eigenvalue weighted by molar-refractivity contribution is -0.146. The fourth-order valence-electron chi connectivity index (χ4n) is 2.67. The van der Waals surface area contributed by atoms with Gasteiger partial charge in [0.1, 0.15) is 13.2 Å². The summed E-state index contributed by atoms with van der Waals surface area (Å²) >= 11 is 3.46. The van der Waals surface area contributed by atoms with Crippen LogP contribution in [0.15, 0.2) is 23.1 Å². The van der Waals surface area contributed by atoms with Crippen LogP contribution in [-0.2, 0) is 25.7 Å². The summed E-state index contributed by atoms with van der Waals surface area (Å²) in [6.45, 7) is 8.71. The van der Waals surface area contributed by atoms with Crippen LogP contribution in [0.5, 0.6) is 0 Å². The molecule has 29 heavy (non-hydrogen) atoms. The third-order valence-electron chi connectivity index (χ3n) is 4.01. The van der Waals surface area contributed by atoms with Crippen molar-refractivity contribution in [2.24, 2.45) is 11.8 Å². The van der Waals surface area contributed by atoms with Crippen molar-refractivity contribution < 1.29 is 19.1 Å². The molecule has 0 aliphatic carbocycles. The van der Waals surface area contributed by atoms with E-state index in [2.05, 4.69) is 24.0 Å². The van der Waals surface area contributed by atoms with Crippen LogP contribution in [0.2, 0.25) is 0 Å². The highest BCUT2D eigenvalue weighted by Crippen LogP contribution is 2.45. The van der Waals surface area contributed by atoms with Crippen LogP contribution in [0.4, 0.5) is 0 Å². The van der Waals surface area contributed by atoms with E-state index in [0.29, 0.717) is 49.6 Å². The fraction of sp³-hybridized carbons (Fsp3) is 0.565. The Labute approximate surface area is 182 Å². The molecular formula is C23H30O4S2. The van der Waals surface area contributed by atoms with Gasteiger partial charge in [0.05, 0.1) is 4.91 Å². The minimum absolute atomic E-state index is 0.140. The number of ether oxygens (including phenoxy) is 2. The van der Waals surface area contributed by atoms with E-state index in [-0.39, 0.29) is 11.9 Å². The first-order valence-corrected chi connectivity index (χ1v) is 11.8. The van der Waals surface area contributed by atoms with Crippen molar-refractivity contribution in [3.05, 3.63) is 32.9 Å². The average molecular weight is 435 g/mol. The van der Waals surface area contributed by atoms with E-state index in [1.807, 2.05) is 33.8 Å². The highest BCUT2D eigenvalue weighted by molar-refractivity contribution is 8.03. The van der Waals surface area contributed by atoms with Gasteiger partial charge in [-0.25, -0.2) is 0 Å². The zero-order chi connectivity index (χ0) is 21.2. The van der Waals surface area contributed by atoms with E-state index in [9.17, 15) is 9.59 Å². The number of thiophene rings is 1. The smallest absolute Gasteiger partial charge is 0.306 e. The fourth-order valence-corrected chi connectivity index (χ4v) is 4.89. The summed E-state index contributed by atoms with van der Waals surface area (Å²) in [6, 6.07) is 4.16. The van der Waals surface area contributed by atoms with Gasteiger partial charge >= 0.3 is 11.9 Å². The number of thioether (sulfide) groups is 1. The Kier molecular flexibility index (Phi) is 9.83. The molecule has 0 saturated heterocycles. The summed E-state index contributed by atoms with van der Waals surface area (Å²) in [5.41, 5.74) is 0. The third-order valence-corrected chi connectivity index (χ3v) is 6.59. The van der Waals surface area contributed by atoms with Gasteiger partial charge in [-0.05, 0) is 30.4 Å². The maximum absolute atomic E-state index is 11.7. The van der Waals surface area contributed by atoms with Gasteiger partial charge in [0, 0.05) is 34.3 Å². The molecule has 6 heteroatoms. The second-order valence-electron chi connectivity index (χ2n) is 7.84. The molecule has 158 valence electrons. The predicted octanol–water partition coefficient (Wildman–Crippen LogP) is 5.88. The van der Waals surface area contributed by atoms with E-state index in [0.717, 1.165) is 16.2 Å². The van der Waals surface area contributed by atoms with Gasteiger partial charge in [0.2, 0.25) is 0 Å². The Morgan fingerprint density at radius 2 is 1.79 bits per heavy atom. The molecule has 0 fully saturated rings. The highest BCUT2D eigenvalue weighted by atomic mass is 32.2. The normalized spacial score (nSPS) is 15.8. The lowest BCUT2D eigenvalue weighted by Gasteiger charge is -2.06. The largest absolute Gasteiger partial charge is 0.465 e. The summed E-state index contributed by atoms with van der Waals surface area (Å²) in [5, 5.41) is 0.369. The maximum atomic E-state index is 11.7. The average Bonchev–Trinajstić information content (AvgIpc) is 3.27. The van der Waals surface area contributed by atoms with Crippen molar-refractivity contribution in [3.8, 4) is 11.8 Å². The highest BCUT2D eigenvalue weighted by Gasteiger charge is 2.20. The number of hydrogen-bond acceptors (Lipinski definition) is 6. The second-order valence-corrected chi connectivity index (χ2v) is 10.3. The van der Waals surface area contributed by atoms with Crippen LogP contribution < -0.4 is 0 Å². The van der Waals surface area contributed by atoms with Gasteiger partial charge in [0.15, 0.2) is 0 Å². The van der Waals surface area contributed by atoms with E-state index in [1.54, 1.807) is 23.1 Å². The van der Waals surface area contributed by atoms with E-state index >= 15 is 0 Å². The van der Waals surface area contributed by atoms with Gasteiger partial charge in [-0.15, -0.1) is 23.1 Å². The van der Waals surface area contributed by atoms with Crippen LogP contribution in [0.1, 0.15) is 68.4 Å². The Bertz CT molecular complexity index is 780. The van der Waals surface area contributed by atoms with Crippen molar-refractivity contribution in [2.45, 2.75) is 65.2 Å². The van der Waals surface area contributed by atoms with E-state index in [4.69, 9.17) is 9.47 Å². The van der Waals surface area contributed by atoms with Crippen molar-refractivity contribution in [1.29, 1.82) is 0 Å². The number of carbonyl (C=O) groups is 2. The van der Waals surface area contributed by atoms with E-state index in [1.165, 1.54) is 4.88 Å². The molecule has 0 bridgehead atoms. The molecule has 2 rings (SSSR count). The molecule has 0 N–H and O–H groups in total. The monoisotopic (exact) mass is 434 g/mol. The van der Waals surface area contributed by atoms with Crippen molar-refractivity contribution in [3.63, 3.8) is 0 Å².